The fourth-order valence-electron chi connectivity index (χ4n) is 8.71. The van der Waals surface area contributed by atoms with E-state index in [0.717, 1.165) is 11.3 Å². The monoisotopic (exact) mass is 948 g/mol. The number of benzene rings is 4. The van der Waals surface area contributed by atoms with Crippen molar-refractivity contribution in [2.24, 2.45) is 10.9 Å². The highest BCUT2D eigenvalue weighted by Gasteiger charge is 2.44. The number of aromatic nitrogens is 1. The number of carbonyl (C=O) groups excluding carboxylic acids is 4. The molecule has 1 aliphatic rings. The topological polar surface area (TPSA) is 178 Å². The number of anilines is 1. The molecule has 15 heteroatoms. The Morgan fingerprint density at radius 2 is 1.54 bits per heavy atom. The lowest BCUT2D eigenvalue weighted by molar-refractivity contribution is -0.144. The van der Waals surface area contributed by atoms with Gasteiger partial charge in [0.05, 0.1) is 68.1 Å². The normalized spacial score (nSPS) is 15.6. The van der Waals surface area contributed by atoms with Gasteiger partial charge in [0.2, 0.25) is 5.91 Å². The number of aliphatic hydroxyl groups excluding tert-OH is 2. The van der Waals surface area contributed by atoms with Gasteiger partial charge in [-0.1, -0.05) is 92.2 Å². The maximum absolute atomic E-state index is 14.4. The molecular weight excluding hydrogens is 891 g/mol. The van der Waals surface area contributed by atoms with E-state index in [4.69, 9.17) is 25.8 Å². The number of para-hydroxylation sites is 1. The highest BCUT2D eigenvalue weighted by Crippen LogP contribution is 2.44. The Kier molecular flexibility index (Phi) is 18.0. The van der Waals surface area contributed by atoms with Crippen molar-refractivity contribution in [3.63, 3.8) is 0 Å². The number of esters is 2. The van der Waals surface area contributed by atoms with E-state index >= 15 is 0 Å². The van der Waals surface area contributed by atoms with Crippen LogP contribution in [0.2, 0.25) is 5.02 Å². The molecule has 4 atom stereocenters. The van der Waals surface area contributed by atoms with E-state index in [2.05, 4.69) is 15.6 Å². The average Bonchev–Trinajstić information content (AvgIpc) is 3.67. The molecule has 0 saturated heterocycles. The predicted octanol–water partition coefficient (Wildman–Crippen LogP) is 8.88. The molecule has 2 amide bonds. The molecule has 0 bridgehead atoms. The Labute approximate surface area is 401 Å². The van der Waals surface area contributed by atoms with Crippen molar-refractivity contribution in [2.45, 2.75) is 77.5 Å². The van der Waals surface area contributed by atoms with Crippen LogP contribution < -0.4 is 10.6 Å². The summed E-state index contributed by atoms with van der Waals surface area (Å²) in [6.07, 6.45) is -2.47. The third-order valence-corrected chi connectivity index (χ3v) is 12.0. The lowest BCUT2D eigenvalue weighted by Gasteiger charge is -2.32. The van der Waals surface area contributed by atoms with Crippen LogP contribution in [0.15, 0.2) is 125 Å². The largest absolute Gasteiger partial charge is 0.468 e. The number of carbonyl (C=O) groups is 4. The number of nitrogens with one attached hydrogen (secondary N) is 2. The van der Waals surface area contributed by atoms with Crippen molar-refractivity contribution in [3.8, 4) is 22.4 Å². The number of methoxy groups -OCH3 is 1. The molecule has 0 saturated carbocycles. The van der Waals surface area contributed by atoms with Gasteiger partial charge in [-0.3, -0.25) is 19.4 Å². The number of ether oxygens (including phenoxy) is 3. The third-order valence-electron chi connectivity index (χ3n) is 11.7. The van der Waals surface area contributed by atoms with Crippen LogP contribution in [0.4, 0.5) is 10.1 Å². The lowest BCUT2D eigenvalue weighted by Crippen LogP contribution is -2.37. The van der Waals surface area contributed by atoms with Gasteiger partial charge in [-0.2, -0.15) is 0 Å². The summed E-state index contributed by atoms with van der Waals surface area (Å²) in [5.41, 5.74) is 5.86. The maximum atomic E-state index is 14.4. The van der Waals surface area contributed by atoms with E-state index in [1.54, 1.807) is 50.2 Å². The van der Waals surface area contributed by atoms with Gasteiger partial charge in [0.25, 0.3) is 5.91 Å². The first-order valence-corrected chi connectivity index (χ1v) is 23.0. The predicted molar refractivity (Wildman–Crippen MR) is 260 cm³/mol. The van der Waals surface area contributed by atoms with Gasteiger partial charge >= 0.3 is 11.9 Å². The number of aliphatic hydroxyl groups is 2. The van der Waals surface area contributed by atoms with E-state index in [1.807, 2.05) is 79.1 Å². The smallest absolute Gasteiger partial charge is 0.336 e. The van der Waals surface area contributed by atoms with Crippen molar-refractivity contribution in [1.29, 1.82) is 0 Å². The summed E-state index contributed by atoms with van der Waals surface area (Å²) in [5.74, 6) is -4.46. The minimum absolute atomic E-state index is 0.0115. The summed E-state index contributed by atoms with van der Waals surface area (Å²) in [6.45, 7) is 7.52. The Balaban J connectivity index is 1.12. The average molecular weight is 950 g/mol. The Morgan fingerprint density at radius 3 is 2.19 bits per heavy atom. The molecule has 1 aromatic heterocycles. The number of halogens is 2. The molecule has 0 radical (unpaired) electrons. The molecule has 4 aromatic carbocycles. The molecular formula is C53H58ClFN4O9. The highest BCUT2D eigenvalue weighted by molar-refractivity contribution is 6.31. The number of rotatable bonds is 21. The second-order valence-corrected chi connectivity index (χ2v) is 17.2. The number of nitrogens with zero attached hydrogens (tertiary/aromatic N) is 2. The first-order valence-electron chi connectivity index (χ1n) is 22.7. The van der Waals surface area contributed by atoms with Crippen molar-refractivity contribution < 1.29 is 48.0 Å². The van der Waals surface area contributed by atoms with E-state index < -0.39 is 47.7 Å². The van der Waals surface area contributed by atoms with Crippen LogP contribution in [0.1, 0.15) is 80.4 Å². The van der Waals surface area contributed by atoms with Crippen LogP contribution in [0.5, 0.6) is 0 Å². The standard InChI is InChI=1S/C53H58ClFN4O9/c1-6-68-53(65)47-42(57-33(4)44(52(64)66-5)46(47)40-19-13-14-20-41(40)54)31-67-28-26-56-43(62)30-39(61)29-38(60)25-27-59-49(32(2)3)48(51(63)58-37-17-11-8-12-18-37)45(34-15-9-7-10-16-34)50(59)35-21-23-36(55)24-22-35/h7-24,32,38-39,44,46,60-61H,6,25-31H2,1-5H3,(H,56,62)(H,58,63)/t38?,39-,44?,46?/m0/s1. The van der Waals surface area contributed by atoms with Crippen LogP contribution in [0, 0.1) is 11.7 Å². The maximum Gasteiger partial charge on any atom is 0.336 e. The van der Waals surface area contributed by atoms with Gasteiger partial charge in [0.15, 0.2) is 0 Å². The van der Waals surface area contributed by atoms with E-state index in [0.29, 0.717) is 44.4 Å². The molecule has 68 heavy (non-hydrogen) atoms. The Bertz CT molecular complexity index is 2620. The van der Waals surface area contributed by atoms with Crippen LogP contribution in [0.3, 0.4) is 0 Å². The second kappa shape index (κ2) is 24.0. The fraction of sp³-hybridized carbons (Fsp3) is 0.340. The zero-order valence-corrected chi connectivity index (χ0v) is 39.6. The van der Waals surface area contributed by atoms with Gasteiger partial charge in [0.1, 0.15) is 11.7 Å². The molecule has 358 valence electrons. The zero-order chi connectivity index (χ0) is 48.9. The number of hydrogen-bond donors (Lipinski definition) is 4. The van der Waals surface area contributed by atoms with Crippen LogP contribution >= 0.6 is 11.6 Å². The first-order chi connectivity index (χ1) is 32.7. The molecule has 1 aliphatic heterocycles. The van der Waals surface area contributed by atoms with Crippen molar-refractivity contribution in [2.75, 3.05) is 38.8 Å². The number of amides is 2. The van der Waals surface area contributed by atoms with Gasteiger partial charge in [-0.05, 0) is 91.8 Å². The first kappa shape index (κ1) is 51.0. The summed E-state index contributed by atoms with van der Waals surface area (Å²) in [6, 6.07) is 31.6. The lowest BCUT2D eigenvalue weighted by atomic mass is 9.75. The van der Waals surface area contributed by atoms with Crippen molar-refractivity contribution in [1.82, 2.24) is 9.88 Å². The fourth-order valence-corrected chi connectivity index (χ4v) is 8.96. The SMILES string of the molecule is CCOC(=O)C1=C(COCCNC(=O)C[C@@H](O)CC(O)CCn2c(-c3ccc(F)cc3)c(-c3ccccc3)c(C(=O)Nc3ccccc3)c2C(C)C)N=C(C)C(C(=O)OC)C1c1ccccc1Cl. The van der Waals surface area contributed by atoms with Gasteiger partial charge in [-0.15, -0.1) is 0 Å². The van der Waals surface area contributed by atoms with Gasteiger partial charge in [0, 0.05) is 46.7 Å². The second-order valence-electron chi connectivity index (χ2n) is 16.8. The van der Waals surface area contributed by atoms with Crippen LogP contribution in [-0.2, 0) is 35.1 Å². The van der Waals surface area contributed by atoms with E-state index in [-0.39, 0.29) is 75.3 Å². The van der Waals surface area contributed by atoms with Crippen molar-refractivity contribution >= 4 is 46.8 Å². The molecule has 2 heterocycles. The minimum atomic E-state index is -1.19. The quantitative estimate of drug-likeness (QED) is 0.0413. The zero-order valence-electron chi connectivity index (χ0n) is 38.8. The highest BCUT2D eigenvalue weighted by atomic mass is 35.5. The Hall–Kier alpha value is -6.45. The summed E-state index contributed by atoms with van der Waals surface area (Å²) in [7, 11) is 1.26. The molecule has 0 aliphatic carbocycles. The van der Waals surface area contributed by atoms with Crippen LogP contribution in [0.25, 0.3) is 22.4 Å². The number of aliphatic imine (C=N–C) groups is 1. The van der Waals surface area contributed by atoms with Gasteiger partial charge in [-0.25, -0.2) is 9.18 Å². The molecule has 13 nitrogen and oxygen atoms in total. The van der Waals surface area contributed by atoms with Crippen molar-refractivity contribution in [3.05, 3.63) is 148 Å². The molecule has 0 fully saturated rings. The van der Waals surface area contributed by atoms with E-state index in [1.165, 1.54) is 19.2 Å². The summed E-state index contributed by atoms with van der Waals surface area (Å²) in [5, 5.41) is 28.4. The van der Waals surface area contributed by atoms with Crippen LogP contribution in [-0.4, -0.2) is 89.9 Å². The minimum Gasteiger partial charge on any atom is -0.468 e. The Morgan fingerprint density at radius 1 is 0.882 bits per heavy atom. The molecule has 3 unspecified atom stereocenters. The summed E-state index contributed by atoms with van der Waals surface area (Å²) >= 11 is 6.60. The molecule has 0 spiro atoms. The summed E-state index contributed by atoms with van der Waals surface area (Å²) in [4.78, 5) is 58.5. The number of hydrogen-bond acceptors (Lipinski definition) is 10. The van der Waals surface area contributed by atoms with E-state index in [9.17, 15) is 33.8 Å². The van der Waals surface area contributed by atoms with Gasteiger partial charge < -0.3 is 39.6 Å². The molecule has 5 aromatic rings. The molecule has 6 rings (SSSR count). The third kappa shape index (κ3) is 12.4. The summed E-state index contributed by atoms with van der Waals surface area (Å²) < 4.78 is 32.7. The molecule has 4 N–H and O–H groups in total.